The molecule has 0 heterocycles. The third-order valence-electron chi connectivity index (χ3n) is 0.459. The van der Waals surface area contributed by atoms with Gasteiger partial charge >= 0.3 is 6.18 Å². The van der Waals surface area contributed by atoms with Crippen LogP contribution in [0.4, 0.5) is 17.7 Å². The zero-order valence-corrected chi connectivity index (χ0v) is 3.91. The Morgan fingerprint density at radius 1 is 1.44 bits per heavy atom. The van der Waals surface area contributed by atoms with Crippen molar-refractivity contribution >= 4 is 5.71 Å². The van der Waals surface area contributed by atoms with Crippen molar-refractivity contribution in [2.24, 2.45) is 5.21 Å². The average Bonchev–Trinajstić information content (AvgIpc) is 1.65. The third-order valence-corrected chi connectivity index (χ3v) is 0.459. The van der Waals surface area contributed by atoms with Crippen LogP contribution in [-0.4, -0.2) is 11.9 Å². The van der Waals surface area contributed by atoms with E-state index in [1.807, 2.05) is 0 Å². The van der Waals surface area contributed by atoms with E-state index in [1.165, 1.54) is 5.21 Å². The van der Waals surface area contributed by atoms with Gasteiger partial charge in [0.2, 0.25) is 0 Å². The Bertz CT molecular complexity index is 162. The molecule has 50 valence electrons. The highest BCUT2D eigenvalue weighted by Crippen LogP contribution is 2.16. The fourth-order valence-electron chi connectivity index (χ4n) is 0.130. The summed E-state index contributed by atoms with van der Waals surface area (Å²) >= 11 is 0. The van der Waals surface area contributed by atoms with Crippen molar-refractivity contribution in [2.45, 2.75) is 6.18 Å². The summed E-state index contributed by atoms with van der Waals surface area (Å²) in [5.74, 6) is 0. The van der Waals surface area contributed by atoms with Gasteiger partial charge in [-0.05, 0) is 0 Å². The lowest BCUT2D eigenvalue weighted by atomic mass is 10.4. The second-order valence-corrected chi connectivity index (χ2v) is 1.04. The molecule has 0 atom stereocenters. The maximum atomic E-state index is 11.1. The predicted octanol–water partition coefficient (Wildman–Crippen LogP) is 1.40. The van der Waals surface area contributed by atoms with E-state index in [0.717, 1.165) is 0 Å². The lowest BCUT2D eigenvalue weighted by Crippen LogP contribution is -2.20. The van der Waals surface area contributed by atoms with Gasteiger partial charge in [-0.2, -0.15) is 18.4 Å². The Morgan fingerprint density at radius 3 is 1.89 bits per heavy atom. The van der Waals surface area contributed by atoms with Gasteiger partial charge in [0.15, 0.2) is 0 Å². The minimum absolute atomic E-state index is 0.542. The summed E-state index contributed by atoms with van der Waals surface area (Å²) < 4.78 is 44.2. The van der Waals surface area contributed by atoms with E-state index in [-0.39, 0.29) is 0 Å². The van der Waals surface area contributed by atoms with E-state index < -0.39 is 11.9 Å². The minimum atomic E-state index is -4.97. The number of hydrogen-bond donors (Lipinski definition) is 0. The first-order valence-corrected chi connectivity index (χ1v) is 1.68. The lowest BCUT2D eigenvalue weighted by molar-refractivity contribution is -0.0583. The van der Waals surface area contributed by atoms with E-state index in [9.17, 15) is 17.7 Å². The molecule has 2 nitrogen and oxygen atoms in total. The van der Waals surface area contributed by atoms with Gasteiger partial charge in [-0.15, -0.1) is 0 Å². The second-order valence-electron chi connectivity index (χ2n) is 1.04. The van der Waals surface area contributed by atoms with Gasteiger partial charge in [0, 0.05) is 0 Å². The van der Waals surface area contributed by atoms with Crippen LogP contribution in [0, 0.1) is 11.3 Å². The lowest BCUT2D eigenvalue weighted by Gasteiger charge is -1.97. The molecule has 0 aliphatic carbocycles. The van der Waals surface area contributed by atoms with Crippen LogP contribution < -0.4 is 0 Å². The summed E-state index contributed by atoms with van der Waals surface area (Å²) in [7, 11) is 0. The summed E-state index contributed by atoms with van der Waals surface area (Å²) in [6.45, 7) is 0. The monoisotopic (exact) mass is 140 g/mol. The van der Waals surface area contributed by atoms with Gasteiger partial charge in [0.1, 0.15) is 6.07 Å². The maximum absolute atomic E-state index is 11.1. The summed E-state index contributed by atoms with van der Waals surface area (Å²) in [6.07, 6.45) is -4.97. The molecule has 0 N–H and O–H groups in total. The molecule has 0 amide bonds. The Morgan fingerprint density at radius 2 is 1.89 bits per heavy atom. The van der Waals surface area contributed by atoms with Crippen molar-refractivity contribution in [3.05, 3.63) is 0 Å². The largest absolute Gasteiger partial charge is 0.446 e. The summed E-state index contributed by atoms with van der Waals surface area (Å²) in [4.78, 5) is 0. The molecule has 0 aromatic heterocycles. The minimum Gasteiger partial charge on any atom is -0.191 e. The smallest absolute Gasteiger partial charge is 0.191 e. The number of alkyl halides is 3. The van der Waals surface area contributed by atoms with E-state index in [0.29, 0.717) is 6.07 Å². The van der Waals surface area contributed by atoms with Crippen LogP contribution in [-0.2, 0) is 0 Å². The highest BCUT2D eigenvalue weighted by Gasteiger charge is 2.36. The molecule has 0 unspecified atom stereocenters. The van der Waals surface area contributed by atoms with E-state index in [4.69, 9.17) is 5.26 Å². The van der Waals surface area contributed by atoms with Crippen molar-refractivity contribution in [3.8, 4) is 6.07 Å². The van der Waals surface area contributed by atoms with Crippen LogP contribution in [0.3, 0.4) is 0 Å². The SMILES string of the molecule is N#CC(=NF)C(F)(F)F. The fraction of sp³-hybridized carbons (Fsp3) is 0.333. The average molecular weight is 140 g/mol. The van der Waals surface area contributed by atoms with Gasteiger partial charge in [-0.3, -0.25) is 0 Å². The molecule has 6 heteroatoms. The first-order valence-electron chi connectivity index (χ1n) is 1.68. The molecule has 9 heavy (non-hydrogen) atoms. The van der Waals surface area contributed by atoms with E-state index >= 15 is 0 Å². The van der Waals surface area contributed by atoms with E-state index in [1.54, 1.807) is 0 Å². The van der Waals surface area contributed by atoms with Crippen molar-refractivity contribution in [3.63, 3.8) is 0 Å². The molecule has 0 saturated heterocycles. The van der Waals surface area contributed by atoms with Crippen LogP contribution >= 0.6 is 0 Å². The predicted molar refractivity (Wildman–Crippen MR) is 20.2 cm³/mol. The Balaban J connectivity index is 4.39. The van der Waals surface area contributed by atoms with Crippen molar-refractivity contribution in [1.82, 2.24) is 0 Å². The first-order chi connectivity index (χ1) is 4.02. The number of nitriles is 1. The normalized spacial score (nSPS) is 13.0. The quantitative estimate of drug-likeness (QED) is 0.370. The summed E-state index contributed by atoms with van der Waals surface area (Å²) in [5.41, 5.74) is -2.07. The zero-order chi connectivity index (χ0) is 7.49. The van der Waals surface area contributed by atoms with Crippen molar-refractivity contribution in [2.75, 3.05) is 0 Å². The van der Waals surface area contributed by atoms with Gasteiger partial charge in [-0.1, -0.05) is 9.70 Å². The molecule has 0 rings (SSSR count). The Hall–Kier alpha value is -1.12. The highest BCUT2D eigenvalue weighted by atomic mass is 19.4. The van der Waals surface area contributed by atoms with Crippen molar-refractivity contribution < 1.29 is 17.7 Å². The molecule has 0 aliphatic rings. The first kappa shape index (κ1) is 7.88. The molecular weight excluding hydrogens is 140 g/mol. The standard InChI is InChI=1S/C3F4N2/c4-3(5,6)2(1-8)9-7. The van der Waals surface area contributed by atoms with E-state index in [2.05, 4.69) is 0 Å². The van der Waals surface area contributed by atoms with Gasteiger partial charge in [0.05, 0.1) is 0 Å². The van der Waals surface area contributed by atoms with Crippen LogP contribution in [0.5, 0.6) is 0 Å². The Labute approximate surface area is 47.4 Å². The summed E-state index contributed by atoms with van der Waals surface area (Å²) in [6, 6.07) is 0.542. The van der Waals surface area contributed by atoms with Crippen molar-refractivity contribution in [1.29, 1.82) is 5.26 Å². The second kappa shape index (κ2) is 2.44. The molecule has 0 saturated carbocycles. The summed E-state index contributed by atoms with van der Waals surface area (Å²) in [5, 5.41) is 8.73. The highest BCUT2D eigenvalue weighted by molar-refractivity contribution is 6.02. The number of halogens is 4. The van der Waals surface area contributed by atoms with Gasteiger partial charge < -0.3 is 0 Å². The van der Waals surface area contributed by atoms with Crippen LogP contribution in [0.1, 0.15) is 0 Å². The number of hydrogen-bond acceptors (Lipinski definition) is 2. The zero-order valence-electron chi connectivity index (χ0n) is 3.91. The number of nitrogens with zero attached hydrogens (tertiary/aromatic N) is 2. The molecule has 0 aliphatic heterocycles. The molecule has 0 aromatic rings. The molecule has 0 aromatic carbocycles. The topological polar surface area (TPSA) is 36.1 Å². The molecule has 0 bridgehead atoms. The molecule has 0 radical (unpaired) electrons. The molecule has 0 spiro atoms. The fourth-order valence-corrected chi connectivity index (χ4v) is 0.130. The van der Waals surface area contributed by atoms with Gasteiger partial charge in [0.25, 0.3) is 5.71 Å². The maximum Gasteiger partial charge on any atom is 0.446 e. The number of rotatable bonds is 0. The Kier molecular flexibility index (Phi) is 2.13. The molecular formula is C3F4N2. The van der Waals surface area contributed by atoms with Crippen LogP contribution in [0.15, 0.2) is 5.21 Å². The van der Waals surface area contributed by atoms with Crippen LogP contribution in [0.25, 0.3) is 0 Å². The third kappa shape index (κ3) is 2.08. The van der Waals surface area contributed by atoms with Gasteiger partial charge in [-0.25, -0.2) is 0 Å². The van der Waals surface area contributed by atoms with Crippen LogP contribution in [0.2, 0.25) is 0 Å². The molecule has 0 fully saturated rings.